The molecule has 1 aromatic heterocycles. The van der Waals surface area contributed by atoms with Crippen LogP contribution in [0.25, 0.3) is 0 Å². The molecule has 8 heteroatoms. The van der Waals surface area contributed by atoms with Crippen LogP contribution in [0.1, 0.15) is 29.9 Å². The second-order valence-corrected chi connectivity index (χ2v) is 7.27. The smallest absolute Gasteiger partial charge is 0.265 e. The molecule has 1 aromatic carbocycles. The van der Waals surface area contributed by atoms with Crippen molar-refractivity contribution in [3.8, 4) is 0 Å². The topological polar surface area (TPSA) is 106 Å². The average molecular weight is 394 g/mol. The fraction of sp³-hybridized carbons (Fsp3) is 0.333. The number of hydroxylamine groups is 2. The lowest BCUT2D eigenvalue weighted by Crippen LogP contribution is -2.40. The summed E-state index contributed by atoms with van der Waals surface area (Å²) in [6.07, 6.45) is -0.153. The van der Waals surface area contributed by atoms with E-state index in [-0.39, 0.29) is 12.5 Å². The third-order valence-corrected chi connectivity index (χ3v) is 5.32. The van der Waals surface area contributed by atoms with Gasteiger partial charge in [-0.1, -0.05) is 25.1 Å². The number of amides is 3. The summed E-state index contributed by atoms with van der Waals surface area (Å²) >= 11 is 0. The monoisotopic (exact) mass is 394 g/mol. The summed E-state index contributed by atoms with van der Waals surface area (Å²) in [5, 5.41) is 1.31. The number of pyridine rings is 1. The number of carbonyl (C=O) groups is 3. The molecule has 0 radical (unpaired) electrons. The first-order valence-electron chi connectivity index (χ1n) is 9.52. The van der Waals surface area contributed by atoms with Gasteiger partial charge < -0.3 is 5.73 Å². The highest BCUT2D eigenvalue weighted by Crippen LogP contribution is 2.45. The number of fused-ring (bicyclic) bond motifs is 1. The number of hydrogen-bond acceptors (Lipinski definition) is 6. The van der Waals surface area contributed by atoms with Gasteiger partial charge in [-0.3, -0.25) is 24.2 Å². The van der Waals surface area contributed by atoms with Crippen LogP contribution in [0.2, 0.25) is 0 Å². The van der Waals surface area contributed by atoms with Crippen molar-refractivity contribution in [3.63, 3.8) is 0 Å². The summed E-state index contributed by atoms with van der Waals surface area (Å²) in [5.74, 6) is -2.24. The minimum Gasteiger partial charge on any atom is -0.368 e. The van der Waals surface area contributed by atoms with E-state index in [9.17, 15) is 14.4 Å². The Balaban J connectivity index is 1.72. The van der Waals surface area contributed by atoms with Gasteiger partial charge >= 0.3 is 0 Å². The van der Waals surface area contributed by atoms with E-state index in [4.69, 9.17) is 10.6 Å². The van der Waals surface area contributed by atoms with Crippen molar-refractivity contribution in [1.29, 1.82) is 0 Å². The maximum atomic E-state index is 13.3. The molecular weight excluding hydrogens is 372 g/mol. The number of aromatic nitrogens is 1. The molecular formula is C21H22N4O4. The third-order valence-electron chi connectivity index (χ3n) is 5.32. The Morgan fingerprint density at radius 2 is 1.86 bits per heavy atom. The van der Waals surface area contributed by atoms with E-state index < -0.39 is 29.9 Å². The molecule has 2 aliphatic rings. The van der Waals surface area contributed by atoms with Gasteiger partial charge in [0.1, 0.15) is 6.54 Å². The van der Waals surface area contributed by atoms with Crippen LogP contribution < -0.4 is 10.6 Å². The Bertz CT molecular complexity index is 975. The SMILES string of the molecule is CCc1ccc(N2C(=O)C3ON(CC(N)=O)C(c4cccc(C)n4)C3C2=O)cc1. The van der Waals surface area contributed by atoms with Gasteiger partial charge in [-0.2, -0.15) is 5.06 Å². The summed E-state index contributed by atoms with van der Waals surface area (Å²) in [6.45, 7) is 3.63. The molecule has 0 saturated carbocycles. The zero-order chi connectivity index (χ0) is 20.7. The molecule has 2 saturated heterocycles. The molecule has 2 aromatic rings. The molecule has 150 valence electrons. The minimum absolute atomic E-state index is 0.237. The van der Waals surface area contributed by atoms with Crippen LogP contribution in [0.4, 0.5) is 5.69 Å². The van der Waals surface area contributed by atoms with Gasteiger partial charge in [0.05, 0.1) is 23.3 Å². The average Bonchev–Trinajstić information content (AvgIpc) is 3.17. The maximum absolute atomic E-state index is 13.3. The lowest BCUT2D eigenvalue weighted by atomic mass is 9.93. The Labute approximate surface area is 168 Å². The van der Waals surface area contributed by atoms with E-state index in [0.29, 0.717) is 11.4 Å². The number of primary amides is 1. The Morgan fingerprint density at radius 3 is 2.48 bits per heavy atom. The molecule has 4 rings (SSSR count). The van der Waals surface area contributed by atoms with Gasteiger partial charge in [-0.25, -0.2) is 4.90 Å². The van der Waals surface area contributed by atoms with Crippen LogP contribution in [0.15, 0.2) is 42.5 Å². The van der Waals surface area contributed by atoms with Gasteiger partial charge in [-0.15, -0.1) is 0 Å². The Morgan fingerprint density at radius 1 is 1.14 bits per heavy atom. The molecule has 3 unspecified atom stereocenters. The molecule has 3 amide bonds. The number of nitrogens with zero attached hydrogens (tertiary/aromatic N) is 3. The van der Waals surface area contributed by atoms with Gasteiger partial charge in [0.25, 0.3) is 5.91 Å². The number of imide groups is 1. The normalized spacial score (nSPS) is 24.2. The molecule has 29 heavy (non-hydrogen) atoms. The molecule has 8 nitrogen and oxygen atoms in total. The van der Waals surface area contributed by atoms with Crippen LogP contribution in [-0.2, 0) is 25.6 Å². The Kier molecular flexibility index (Phi) is 4.89. The summed E-state index contributed by atoms with van der Waals surface area (Å²) in [7, 11) is 0. The van der Waals surface area contributed by atoms with Gasteiger partial charge in [0.2, 0.25) is 11.8 Å². The number of carbonyl (C=O) groups excluding carboxylic acids is 3. The van der Waals surface area contributed by atoms with E-state index in [0.717, 1.165) is 17.7 Å². The molecule has 2 fully saturated rings. The third kappa shape index (κ3) is 3.30. The quantitative estimate of drug-likeness (QED) is 0.766. The van der Waals surface area contributed by atoms with Crippen LogP contribution in [0, 0.1) is 12.8 Å². The molecule has 0 spiro atoms. The molecule has 0 bridgehead atoms. The second-order valence-electron chi connectivity index (χ2n) is 7.27. The fourth-order valence-electron chi connectivity index (χ4n) is 3.95. The van der Waals surface area contributed by atoms with E-state index in [2.05, 4.69) is 4.98 Å². The van der Waals surface area contributed by atoms with Gasteiger partial charge in [0.15, 0.2) is 6.10 Å². The number of hydrogen-bond donors (Lipinski definition) is 1. The fourth-order valence-corrected chi connectivity index (χ4v) is 3.95. The largest absolute Gasteiger partial charge is 0.368 e. The van der Waals surface area contributed by atoms with Crippen molar-refractivity contribution >= 4 is 23.4 Å². The molecule has 2 N–H and O–H groups in total. The van der Waals surface area contributed by atoms with Crippen molar-refractivity contribution in [2.24, 2.45) is 11.7 Å². The zero-order valence-corrected chi connectivity index (χ0v) is 16.2. The van der Waals surface area contributed by atoms with Crippen molar-refractivity contribution < 1.29 is 19.2 Å². The van der Waals surface area contributed by atoms with Gasteiger partial charge in [-0.05, 0) is 43.2 Å². The summed E-state index contributed by atoms with van der Waals surface area (Å²) in [5.41, 5.74) is 8.28. The molecule has 3 heterocycles. The molecule has 0 aliphatic carbocycles. The summed E-state index contributed by atoms with van der Waals surface area (Å²) in [4.78, 5) is 49.3. The van der Waals surface area contributed by atoms with E-state index in [1.807, 2.05) is 38.1 Å². The highest BCUT2D eigenvalue weighted by molar-refractivity contribution is 6.23. The number of rotatable bonds is 5. The standard InChI is InChI=1S/C21H22N4O4/c1-3-13-7-9-14(10-8-13)25-20(27)17-18(15-6-4-5-12(2)23-15)24(11-16(22)26)29-19(17)21(25)28/h4-10,17-19H,3,11H2,1-2H3,(H2,22,26). The lowest BCUT2D eigenvalue weighted by Gasteiger charge is -2.25. The number of aryl methyl sites for hydroxylation is 2. The van der Waals surface area contributed by atoms with E-state index in [1.54, 1.807) is 18.2 Å². The van der Waals surface area contributed by atoms with Crippen LogP contribution in [0.3, 0.4) is 0 Å². The number of nitrogens with two attached hydrogens (primary N) is 1. The van der Waals surface area contributed by atoms with Crippen molar-refractivity contribution in [2.75, 3.05) is 11.4 Å². The lowest BCUT2D eigenvalue weighted by molar-refractivity contribution is -0.175. The first-order valence-corrected chi connectivity index (χ1v) is 9.52. The molecule has 3 atom stereocenters. The van der Waals surface area contributed by atoms with Crippen LogP contribution in [0.5, 0.6) is 0 Å². The van der Waals surface area contributed by atoms with Crippen molar-refractivity contribution in [1.82, 2.24) is 10.0 Å². The second kappa shape index (κ2) is 7.38. The van der Waals surface area contributed by atoms with E-state index in [1.165, 1.54) is 9.96 Å². The zero-order valence-electron chi connectivity index (χ0n) is 16.2. The predicted octanol–water partition coefficient (Wildman–Crippen LogP) is 1.28. The van der Waals surface area contributed by atoms with Crippen molar-refractivity contribution in [3.05, 3.63) is 59.4 Å². The number of anilines is 1. The first-order chi connectivity index (χ1) is 13.9. The van der Waals surface area contributed by atoms with E-state index >= 15 is 0 Å². The highest BCUT2D eigenvalue weighted by atomic mass is 16.7. The van der Waals surface area contributed by atoms with Gasteiger partial charge in [0, 0.05) is 5.69 Å². The first kappa shape index (κ1) is 19.2. The number of benzene rings is 1. The highest BCUT2D eigenvalue weighted by Gasteiger charge is 2.60. The van der Waals surface area contributed by atoms with Crippen molar-refractivity contribution in [2.45, 2.75) is 32.4 Å². The maximum Gasteiger partial charge on any atom is 0.265 e. The van der Waals surface area contributed by atoms with Crippen LogP contribution in [-0.4, -0.2) is 40.4 Å². The minimum atomic E-state index is -1.01. The summed E-state index contributed by atoms with van der Waals surface area (Å²) < 4.78 is 0. The Hall–Kier alpha value is -3.10. The summed E-state index contributed by atoms with van der Waals surface area (Å²) in [6, 6.07) is 12.0. The van der Waals surface area contributed by atoms with Crippen LogP contribution >= 0.6 is 0 Å². The predicted molar refractivity (Wildman–Crippen MR) is 104 cm³/mol. The molecule has 2 aliphatic heterocycles.